The molecule has 0 saturated carbocycles. The van der Waals surface area contributed by atoms with Crippen LogP contribution < -0.4 is 10.6 Å². The Balaban J connectivity index is 2.03. The second kappa shape index (κ2) is 6.43. The highest BCUT2D eigenvalue weighted by molar-refractivity contribution is 6.02. The highest BCUT2D eigenvalue weighted by Gasteiger charge is 2.14. The molecule has 1 aromatic rings. The number of oxime groups is 1. The average molecular weight is 262 g/mol. The summed E-state index contributed by atoms with van der Waals surface area (Å²) in [6, 6.07) is 7.73. The molecular weight excluding hydrogens is 240 g/mol. The van der Waals surface area contributed by atoms with Crippen LogP contribution >= 0.6 is 0 Å². The number of anilines is 1. The molecule has 0 unspecified atom stereocenters. The third kappa shape index (κ3) is 3.38. The van der Waals surface area contributed by atoms with Crippen LogP contribution in [0.3, 0.4) is 0 Å². The SMILES string of the molecule is CN(CCN1CCCC1)c1ccccc1C(N)=NO. The molecule has 1 aliphatic rings. The van der Waals surface area contributed by atoms with Crippen molar-refractivity contribution in [2.24, 2.45) is 10.9 Å². The third-order valence-corrected chi connectivity index (χ3v) is 3.65. The van der Waals surface area contributed by atoms with Crippen molar-refractivity contribution < 1.29 is 5.21 Å². The zero-order chi connectivity index (χ0) is 13.7. The summed E-state index contributed by atoms with van der Waals surface area (Å²) >= 11 is 0. The van der Waals surface area contributed by atoms with Gasteiger partial charge in [-0.25, -0.2) is 0 Å². The summed E-state index contributed by atoms with van der Waals surface area (Å²) in [5.74, 6) is 0.156. The van der Waals surface area contributed by atoms with Gasteiger partial charge in [0.2, 0.25) is 0 Å². The second-order valence-electron chi connectivity index (χ2n) is 4.97. The largest absolute Gasteiger partial charge is 0.409 e. The van der Waals surface area contributed by atoms with Gasteiger partial charge in [0.05, 0.1) is 0 Å². The molecule has 0 atom stereocenters. The topological polar surface area (TPSA) is 65.1 Å². The van der Waals surface area contributed by atoms with Crippen molar-refractivity contribution in [2.75, 3.05) is 38.1 Å². The van der Waals surface area contributed by atoms with E-state index in [0.717, 1.165) is 24.3 Å². The predicted octanol–water partition coefficient (Wildman–Crippen LogP) is 1.31. The number of hydrogen-bond donors (Lipinski definition) is 2. The zero-order valence-corrected chi connectivity index (χ0v) is 11.4. The quantitative estimate of drug-likeness (QED) is 0.363. The third-order valence-electron chi connectivity index (χ3n) is 3.65. The number of hydrogen-bond acceptors (Lipinski definition) is 4. The van der Waals surface area contributed by atoms with Crippen LogP contribution in [0.1, 0.15) is 18.4 Å². The van der Waals surface area contributed by atoms with Crippen molar-refractivity contribution in [2.45, 2.75) is 12.8 Å². The van der Waals surface area contributed by atoms with Gasteiger partial charge in [-0.05, 0) is 38.1 Å². The van der Waals surface area contributed by atoms with E-state index in [9.17, 15) is 0 Å². The lowest BCUT2D eigenvalue weighted by molar-refractivity contribution is 0.318. The summed E-state index contributed by atoms with van der Waals surface area (Å²) in [7, 11) is 2.04. The highest BCUT2D eigenvalue weighted by Crippen LogP contribution is 2.19. The van der Waals surface area contributed by atoms with Crippen LogP contribution in [-0.4, -0.2) is 49.2 Å². The molecular formula is C14H22N4O. The molecule has 0 amide bonds. The summed E-state index contributed by atoms with van der Waals surface area (Å²) in [4.78, 5) is 4.63. The van der Waals surface area contributed by atoms with E-state index in [1.807, 2.05) is 31.3 Å². The van der Waals surface area contributed by atoms with Gasteiger partial charge in [-0.3, -0.25) is 0 Å². The van der Waals surface area contributed by atoms with E-state index in [1.54, 1.807) is 0 Å². The van der Waals surface area contributed by atoms with E-state index in [1.165, 1.54) is 25.9 Å². The Morgan fingerprint density at radius 2 is 2.05 bits per heavy atom. The van der Waals surface area contributed by atoms with Gasteiger partial charge in [0.15, 0.2) is 5.84 Å². The minimum absolute atomic E-state index is 0.156. The van der Waals surface area contributed by atoms with Crippen LogP contribution in [-0.2, 0) is 0 Å². The molecule has 5 heteroatoms. The lowest BCUT2D eigenvalue weighted by Crippen LogP contribution is -2.32. The van der Waals surface area contributed by atoms with Crippen molar-refractivity contribution in [3.8, 4) is 0 Å². The molecule has 1 heterocycles. The molecule has 1 fully saturated rings. The Labute approximate surface area is 114 Å². The molecule has 19 heavy (non-hydrogen) atoms. The van der Waals surface area contributed by atoms with Crippen LogP contribution in [0.25, 0.3) is 0 Å². The number of rotatable bonds is 5. The Kier molecular flexibility index (Phi) is 4.63. The maximum atomic E-state index is 8.83. The molecule has 104 valence electrons. The van der Waals surface area contributed by atoms with Crippen molar-refractivity contribution in [3.63, 3.8) is 0 Å². The fourth-order valence-corrected chi connectivity index (χ4v) is 2.50. The summed E-state index contributed by atoms with van der Waals surface area (Å²) in [5.41, 5.74) is 7.48. The van der Waals surface area contributed by atoms with Crippen molar-refractivity contribution in [1.82, 2.24) is 4.90 Å². The van der Waals surface area contributed by atoms with Gasteiger partial charge in [-0.15, -0.1) is 0 Å². The predicted molar refractivity (Wildman–Crippen MR) is 77.9 cm³/mol. The molecule has 0 aliphatic carbocycles. The Hall–Kier alpha value is -1.75. The van der Waals surface area contributed by atoms with Crippen molar-refractivity contribution >= 4 is 11.5 Å². The van der Waals surface area contributed by atoms with Crippen LogP contribution in [0.5, 0.6) is 0 Å². The molecule has 1 aliphatic heterocycles. The summed E-state index contributed by atoms with van der Waals surface area (Å²) in [6.07, 6.45) is 2.62. The second-order valence-corrected chi connectivity index (χ2v) is 4.97. The molecule has 0 aromatic heterocycles. The monoisotopic (exact) mass is 262 g/mol. The zero-order valence-electron chi connectivity index (χ0n) is 11.4. The van der Waals surface area contributed by atoms with Crippen molar-refractivity contribution in [3.05, 3.63) is 29.8 Å². The molecule has 0 bridgehead atoms. The van der Waals surface area contributed by atoms with E-state index in [4.69, 9.17) is 10.9 Å². The van der Waals surface area contributed by atoms with Crippen molar-refractivity contribution in [1.29, 1.82) is 0 Å². The van der Waals surface area contributed by atoms with Gasteiger partial charge < -0.3 is 20.7 Å². The molecule has 1 aromatic carbocycles. The number of likely N-dealkylation sites (tertiary alicyclic amines) is 1. The minimum Gasteiger partial charge on any atom is -0.409 e. The van der Waals surface area contributed by atoms with E-state index in [-0.39, 0.29) is 5.84 Å². The first-order valence-corrected chi connectivity index (χ1v) is 6.73. The highest BCUT2D eigenvalue weighted by atomic mass is 16.4. The molecule has 0 radical (unpaired) electrons. The van der Waals surface area contributed by atoms with Gasteiger partial charge in [0.1, 0.15) is 0 Å². The van der Waals surface area contributed by atoms with E-state index in [0.29, 0.717) is 0 Å². The standard InChI is InChI=1S/C14H22N4O/c1-17(10-11-18-8-4-5-9-18)13-7-3-2-6-12(13)14(15)16-19/h2-3,6-7,19H,4-5,8-11H2,1H3,(H2,15,16). The number of likely N-dealkylation sites (N-methyl/N-ethyl adjacent to an activating group) is 1. The van der Waals surface area contributed by atoms with E-state index < -0.39 is 0 Å². The molecule has 1 saturated heterocycles. The summed E-state index contributed by atoms with van der Waals surface area (Å²) in [6.45, 7) is 4.40. The van der Waals surface area contributed by atoms with E-state index in [2.05, 4.69) is 15.0 Å². The Bertz CT molecular complexity index is 441. The average Bonchev–Trinajstić information content (AvgIpc) is 2.97. The van der Waals surface area contributed by atoms with Gasteiger partial charge >= 0.3 is 0 Å². The van der Waals surface area contributed by atoms with Gasteiger partial charge in [0, 0.05) is 31.4 Å². The fraction of sp³-hybridized carbons (Fsp3) is 0.500. The van der Waals surface area contributed by atoms with Crippen LogP contribution in [0.15, 0.2) is 29.4 Å². The molecule has 5 nitrogen and oxygen atoms in total. The Morgan fingerprint density at radius 1 is 1.37 bits per heavy atom. The summed E-state index contributed by atoms with van der Waals surface area (Å²) < 4.78 is 0. The van der Waals surface area contributed by atoms with Gasteiger partial charge in [-0.2, -0.15) is 0 Å². The number of para-hydroxylation sites is 1. The smallest absolute Gasteiger partial charge is 0.172 e. The van der Waals surface area contributed by atoms with E-state index >= 15 is 0 Å². The minimum atomic E-state index is 0.156. The normalized spacial score (nSPS) is 16.8. The molecule has 3 N–H and O–H groups in total. The number of nitrogens with zero attached hydrogens (tertiary/aromatic N) is 3. The maximum Gasteiger partial charge on any atom is 0.172 e. The first kappa shape index (κ1) is 13.7. The van der Waals surface area contributed by atoms with Gasteiger partial charge in [0.25, 0.3) is 0 Å². The number of benzene rings is 1. The maximum absolute atomic E-state index is 8.83. The first-order chi connectivity index (χ1) is 9.22. The lowest BCUT2D eigenvalue weighted by Gasteiger charge is -2.24. The summed E-state index contributed by atoms with van der Waals surface area (Å²) in [5, 5.41) is 11.9. The van der Waals surface area contributed by atoms with Gasteiger partial charge in [-0.1, -0.05) is 17.3 Å². The molecule has 0 spiro atoms. The molecule has 2 rings (SSSR count). The van der Waals surface area contributed by atoms with Crippen LogP contribution in [0.4, 0.5) is 5.69 Å². The fourth-order valence-electron chi connectivity index (χ4n) is 2.50. The lowest BCUT2D eigenvalue weighted by atomic mass is 10.1. The number of amidine groups is 1. The number of nitrogens with two attached hydrogens (primary N) is 1. The Morgan fingerprint density at radius 3 is 2.74 bits per heavy atom. The first-order valence-electron chi connectivity index (χ1n) is 6.73. The van der Waals surface area contributed by atoms with Crippen LogP contribution in [0, 0.1) is 0 Å². The van der Waals surface area contributed by atoms with Crippen LogP contribution in [0.2, 0.25) is 0 Å².